The Balaban J connectivity index is 1.87. The van der Waals surface area contributed by atoms with Crippen LogP contribution in [-0.4, -0.2) is 31.4 Å². The van der Waals surface area contributed by atoms with E-state index in [1.807, 2.05) is 43.5 Å². The highest BCUT2D eigenvalue weighted by Crippen LogP contribution is 2.33. The molecule has 0 aliphatic carbocycles. The summed E-state index contributed by atoms with van der Waals surface area (Å²) in [7, 11) is 3.16. The number of ether oxygens (including phenoxy) is 3. The van der Waals surface area contributed by atoms with E-state index in [4.69, 9.17) is 14.2 Å². The van der Waals surface area contributed by atoms with Gasteiger partial charge in [-0.2, -0.15) is 0 Å². The number of allylic oxidation sites excluding steroid dienone is 1. The fourth-order valence-electron chi connectivity index (χ4n) is 3.70. The molecule has 1 atom stereocenters. The van der Waals surface area contributed by atoms with E-state index in [0.29, 0.717) is 38.7 Å². The molecule has 3 heterocycles. The second-order valence-corrected chi connectivity index (χ2v) is 10.2. The predicted octanol–water partition coefficient (Wildman–Crippen LogP) is 3.51. The van der Waals surface area contributed by atoms with Gasteiger partial charge in [-0.05, 0) is 42.5 Å². The molecule has 178 valence electrons. The van der Waals surface area contributed by atoms with Gasteiger partial charge in [0.1, 0.15) is 17.5 Å². The molecular weight excluding hydrogens is 472 g/mol. The van der Waals surface area contributed by atoms with E-state index < -0.39 is 12.0 Å². The fourth-order valence-corrected chi connectivity index (χ4v) is 5.56. The number of hydrogen-bond donors (Lipinski definition) is 0. The zero-order valence-electron chi connectivity index (χ0n) is 19.7. The minimum absolute atomic E-state index is 0.200. The molecule has 0 bridgehead atoms. The standard InChI is InChI=1S/C25H26N2O5S2/c1-14(2)13-32-24(29)21-15(3)26-25-27(22(21)19-7-6-10-33-19)23(28)20(34-25)11-16-8-9-17(30-4)12-18(16)31-5/h6-12,14,22H,13H2,1-5H3/b20-11+/t22-/m1/s1. The highest BCUT2D eigenvalue weighted by molar-refractivity contribution is 7.10. The van der Waals surface area contributed by atoms with Gasteiger partial charge in [0.25, 0.3) is 5.56 Å². The Labute approximate surface area is 205 Å². The third kappa shape index (κ3) is 4.58. The minimum Gasteiger partial charge on any atom is -0.497 e. The number of benzene rings is 1. The van der Waals surface area contributed by atoms with E-state index in [1.54, 1.807) is 37.9 Å². The van der Waals surface area contributed by atoms with Crippen molar-refractivity contribution in [3.63, 3.8) is 0 Å². The third-order valence-corrected chi connectivity index (χ3v) is 7.24. The molecule has 0 N–H and O–H groups in total. The second-order valence-electron chi connectivity index (χ2n) is 8.20. The van der Waals surface area contributed by atoms with E-state index in [9.17, 15) is 9.59 Å². The maximum absolute atomic E-state index is 13.6. The van der Waals surface area contributed by atoms with Gasteiger partial charge in [-0.25, -0.2) is 9.79 Å². The van der Waals surface area contributed by atoms with Gasteiger partial charge in [-0.15, -0.1) is 11.3 Å². The number of fused-ring (bicyclic) bond motifs is 1. The summed E-state index contributed by atoms with van der Waals surface area (Å²) in [6.07, 6.45) is 1.78. The maximum Gasteiger partial charge on any atom is 0.338 e. The van der Waals surface area contributed by atoms with Crippen LogP contribution in [0.15, 0.2) is 56.8 Å². The average molecular weight is 499 g/mol. The van der Waals surface area contributed by atoms with Crippen LogP contribution in [0.3, 0.4) is 0 Å². The van der Waals surface area contributed by atoms with Gasteiger partial charge in [-0.1, -0.05) is 31.3 Å². The lowest BCUT2D eigenvalue weighted by Gasteiger charge is -2.23. The highest BCUT2D eigenvalue weighted by atomic mass is 32.1. The maximum atomic E-state index is 13.6. The van der Waals surface area contributed by atoms with Crippen LogP contribution < -0.4 is 24.4 Å². The molecular formula is C25H26N2O5S2. The van der Waals surface area contributed by atoms with Crippen molar-refractivity contribution >= 4 is 34.7 Å². The van der Waals surface area contributed by atoms with Crippen molar-refractivity contribution < 1.29 is 19.0 Å². The van der Waals surface area contributed by atoms with Crippen LogP contribution >= 0.6 is 22.7 Å². The SMILES string of the molecule is COc1ccc(/C=c2/sc3n(c2=O)[C@H](c2cccs2)C(C(=O)OCC(C)C)=C(C)N=3)c(OC)c1. The highest BCUT2D eigenvalue weighted by Gasteiger charge is 2.34. The third-order valence-electron chi connectivity index (χ3n) is 5.33. The summed E-state index contributed by atoms with van der Waals surface area (Å²) in [4.78, 5) is 32.8. The van der Waals surface area contributed by atoms with Gasteiger partial charge in [0, 0.05) is 16.5 Å². The summed E-state index contributed by atoms with van der Waals surface area (Å²) in [5.41, 5.74) is 1.47. The Hall–Kier alpha value is -3.17. The van der Waals surface area contributed by atoms with Crippen molar-refractivity contribution in [3.8, 4) is 11.5 Å². The number of thiazole rings is 1. The molecule has 0 spiro atoms. The number of methoxy groups -OCH3 is 2. The average Bonchev–Trinajstić information content (AvgIpc) is 3.45. The normalized spacial score (nSPS) is 15.8. The summed E-state index contributed by atoms with van der Waals surface area (Å²) in [5, 5.41) is 1.93. The van der Waals surface area contributed by atoms with E-state index in [0.717, 1.165) is 10.4 Å². The van der Waals surface area contributed by atoms with Crippen LogP contribution in [0.1, 0.15) is 37.3 Å². The van der Waals surface area contributed by atoms with Gasteiger partial charge in [0.15, 0.2) is 4.80 Å². The lowest BCUT2D eigenvalue weighted by Crippen LogP contribution is -2.39. The van der Waals surface area contributed by atoms with E-state index in [2.05, 4.69) is 4.99 Å². The number of carbonyl (C=O) groups is 1. The molecule has 0 saturated heterocycles. The Bertz CT molecular complexity index is 1410. The predicted molar refractivity (Wildman–Crippen MR) is 133 cm³/mol. The molecule has 7 nitrogen and oxygen atoms in total. The molecule has 0 radical (unpaired) electrons. The first-order chi connectivity index (χ1) is 16.3. The van der Waals surface area contributed by atoms with E-state index >= 15 is 0 Å². The monoisotopic (exact) mass is 498 g/mol. The molecule has 2 aromatic heterocycles. The number of hydrogen-bond acceptors (Lipinski definition) is 8. The Morgan fingerprint density at radius 1 is 1.24 bits per heavy atom. The Kier molecular flexibility index (Phi) is 7.04. The quantitative estimate of drug-likeness (QED) is 0.466. The van der Waals surface area contributed by atoms with Crippen LogP contribution in [-0.2, 0) is 9.53 Å². The molecule has 0 amide bonds. The summed E-state index contributed by atoms with van der Waals surface area (Å²) < 4.78 is 18.4. The molecule has 1 aromatic carbocycles. The number of esters is 1. The lowest BCUT2D eigenvalue weighted by molar-refractivity contribution is -0.140. The van der Waals surface area contributed by atoms with Crippen LogP contribution in [0, 0.1) is 5.92 Å². The minimum atomic E-state index is -0.587. The Morgan fingerprint density at radius 3 is 2.68 bits per heavy atom. The van der Waals surface area contributed by atoms with Gasteiger partial charge < -0.3 is 14.2 Å². The van der Waals surface area contributed by atoms with Crippen molar-refractivity contribution in [3.05, 3.63) is 77.1 Å². The van der Waals surface area contributed by atoms with E-state index in [1.165, 1.54) is 22.7 Å². The van der Waals surface area contributed by atoms with Crippen molar-refractivity contribution in [1.29, 1.82) is 0 Å². The lowest BCUT2D eigenvalue weighted by atomic mass is 10.0. The largest absolute Gasteiger partial charge is 0.497 e. The molecule has 9 heteroatoms. The van der Waals surface area contributed by atoms with Crippen molar-refractivity contribution in [2.24, 2.45) is 10.9 Å². The molecule has 34 heavy (non-hydrogen) atoms. The summed E-state index contributed by atoms with van der Waals surface area (Å²) >= 11 is 2.77. The molecule has 0 unspecified atom stereocenters. The van der Waals surface area contributed by atoms with Gasteiger partial charge >= 0.3 is 5.97 Å². The first kappa shape index (κ1) is 24.0. The number of carbonyl (C=O) groups excluding carboxylic acids is 1. The van der Waals surface area contributed by atoms with Gasteiger partial charge in [0.2, 0.25) is 0 Å². The molecule has 3 aromatic rings. The summed E-state index contributed by atoms with van der Waals surface area (Å²) in [5.74, 6) is 1.01. The number of aromatic nitrogens is 1. The van der Waals surface area contributed by atoms with Crippen LogP contribution in [0.25, 0.3) is 6.08 Å². The van der Waals surface area contributed by atoms with E-state index in [-0.39, 0.29) is 11.5 Å². The number of rotatable bonds is 7. The topological polar surface area (TPSA) is 79.1 Å². The number of thiophene rings is 1. The van der Waals surface area contributed by atoms with Gasteiger partial charge in [-0.3, -0.25) is 9.36 Å². The second kappa shape index (κ2) is 9.99. The fraction of sp³-hybridized carbons (Fsp3) is 0.320. The van der Waals surface area contributed by atoms with Crippen molar-refractivity contribution in [2.45, 2.75) is 26.8 Å². The summed E-state index contributed by atoms with van der Waals surface area (Å²) in [6.45, 7) is 6.05. The Morgan fingerprint density at radius 2 is 2.03 bits per heavy atom. The summed E-state index contributed by atoms with van der Waals surface area (Å²) in [6, 6.07) is 8.66. The van der Waals surface area contributed by atoms with Crippen molar-refractivity contribution in [2.75, 3.05) is 20.8 Å². The zero-order chi connectivity index (χ0) is 24.4. The van der Waals surface area contributed by atoms with Crippen molar-refractivity contribution in [1.82, 2.24) is 4.57 Å². The molecule has 4 rings (SSSR count). The van der Waals surface area contributed by atoms with Crippen LogP contribution in [0.4, 0.5) is 0 Å². The van der Waals surface area contributed by atoms with Crippen LogP contribution in [0.2, 0.25) is 0 Å². The van der Waals surface area contributed by atoms with Crippen LogP contribution in [0.5, 0.6) is 11.5 Å². The smallest absolute Gasteiger partial charge is 0.338 e. The zero-order valence-corrected chi connectivity index (χ0v) is 21.3. The molecule has 1 aliphatic rings. The first-order valence-electron chi connectivity index (χ1n) is 10.8. The molecule has 0 fully saturated rings. The number of nitrogens with zero attached hydrogens (tertiary/aromatic N) is 2. The molecule has 0 saturated carbocycles. The molecule has 1 aliphatic heterocycles. The van der Waals surface area contributed by atoms with Gasteiger partial charge in [0.05, 0.1) is 36.6 Å². The first-order valence-corrected chi connectivity index (χ1v) is 12.5.